The molecular weight excluding hydrogens is 259 g/mol. The maximum Gasteiger partial charge on any atom is 0.330 e. The van der Waals surface area contributed by atoms with Crippen LogP contribution in [0.25, 0.3) is 0 Å². The minimum absolute atomic E-state index is 0.00290. The number of rotatable bonds is 3. The number of hydrogen-bond donors (Lipinski definition) is 1. The van der Waals surface area contributed by atoms with Crippen molar-refractivity contribution in [3.05, 3.63) is 45.0 Å². The molecule has 7 nitrogen and oxygen atoms in total. The number of esters is 1. The molecule has 0 spiro atoms. The van der Waals surface area contributed by atoms with Crippen LogP contribution in [-0.2, 0) is 14.3 Å². The third-order valence-electron chi connectivity index (χ3n) is 2.45. The van der Waals surface area contributed by atoms with Gasteiger partial charge in [0.15, 0.2) is 6.23 Å². The second-order valence-electron chi connectivity index (χ2n) is 3.90. The van der Waals surface area contributed by atoms with Gasteiger partial charge in [0.25, 0.3) is 5.56 Å². The Labute approximate surface area is 106 Å². The van der Waals surface area contributed by atoms with Gasteiger partial charge in [-0.1, -0.05) is 6.08 Å². The van der Waals surface area contributed by atoms with Gasteiger partial charge in [-0.25, -0.2) is 4.79 Å². The van der Waals surface area contributed by atoms with E-state index in [1.165, 1.54) is 13.0 Å². The molecule has 2 heterocycles. The molecule has 0 saturated heterocycles. The summed E-state index contributed by atoms with van der Waals surface area (Å²) < 4.78 is 24.1. The van der Waals surface area contributed by atoms with Crippen molar-refractivity contribution in [1.82, 2.24) is 9.55 Å². The average Bonchev–Trinajstić information content (AvgIpc) is 2.80. The van der Waals surface area contributed by atoms with Gasteiger partial charge in [0, 0.05) is 6.92 Å². The van der Waals surface area contributed by atoms with Crippen LogP contribution >= 0.6 is 0 Å². The van der Waals surface area contributed by atoms with E-state index in [0.717, 1.165) is 10.8 Å². The van der Waals surface area contributed by atoms with Crippen molar-refractivity contribution in [3.8, 4) is 0 Å². The number of aromatic nitrogens is 2. The molecule has 0 aromatic carbocycles. The summed E-state index contributed by atoms with van der Waals surface area (Å²) in [6.45, 7) is 1.26. The predicted octanol–water partition coefficient (Wildman–Crippen LogP) is -0.308. The minimum Gasteiger partial charge on any atom is -0.463 e. The Hall–Kier alpha value is -2.22. The highest BCUT2D eigenvalue weighted by molar-refractivity contribution is 5.65. The second kappa shape index (κ2) is 5.19. The van der Waals surface area contributed by atoms with Gasteiger partial charge in [0.05, 0.1) is 6.20 Å². The first-order valence-electron chi connectivity index (χ1n) is 5.45. The highest BCUT2D eigenvalue weighted by Gasteiger charge is 2.23. The Morgan fingerprint density at radius 3 is 2.95 bits per heavy atom. The lowest BCUT2D eigenvalue weighted by Gasteiger charge is -2.15. The van der Waals surface area contributed by atoms with E-state index in [4.69, 9.17) is 9.47 Å². The molecule has 1 aromatic rings. The van der Waals surface area contributed by atoms with E-state index >= 15 is 0 Å². The fraction of sp³-hybridized carbons (Fsp3) is 0.364. The SMILES string of the molecule is CC(=O)OC[C@H]1C=C[C@@H](n2cc(F)c(=O)[nH]c2=O)O1. The van der Waals surface area contributed by atoms with Gasteiger partial charge < -0.3 is 9.47 Å². The maximum absolute atomic E-state index is 13.1. The number of ether oxygens (including phenoxy) is 2. The molecule has 1 N–H and O–H groups in total. The fourth-order valence-corrected chi connectivity index (χ4v) is 1.59. The van der Waals surface area contributed by atoms with Crippen molar-refractivity contribution in [2.45, 2.75) is 19.3 Å². The number of halogens is 1. The molecule has 1 aromatic heterocycles. The monoisotopic (exact) mass is 270 g/mol. The molecule has 8 heteroatoms. The fourth-order valence-electron chi connectivity index (χ4n) is 1.59. The first-order valence-corrected chi connectivity index (χ1v) is 5.45. The summed E-state index contributed by atoms with van der Waals surface area (Å²) in [5.74, 6) is -1.53. The first kappa shape index (κ1) is 13.2. The molecule has 0 fully saturated rings. The zero-order valence-electron chi connectivity index (χ0n) is 9.96. The van der Waals surface area contributed by atoms with Crippen LogP contribution in [0.5, 0.6) is 0 Å². The van der Waals surface area contributed by atoms with Crippen LogP contribution in [0.2, 0.25) is 0 Å². The van der Waals surface area contributed by atoms with E-state index < -0.39 is 35.4 Å². The summed E-state index contributed by atoms with van der Waals surface area (Å²) in [5.41, 5.74) is -1.87. The van der Waals surface area contributed by atoms with Gasteiger partial charge in [-0.05, 0) is 6.08 Å². The molecule has 2 rings (SSSR count). The van der Waals surface area contributed by atoms with Gasteiger partial charge >= 0.3 is 11.7 Å². The van der Waals surface area contributed by atoms with E-state index in [-0.39, 0.29) is 6.61 Å². The van der Waals surface area contributed by atoms with Crippen molar-refractivity contribution in [1.29, 1.82) is 0 Å². The minimum atomic E-state index is -1.08. The van der Waals surface area contributed by atoms with Crippen molar-refractivity contribution in [3.63, 3.8) is 0 Å². The summed E-state index contributed by atoms with van der Waals surface area (Å²) in [6, 6.07) is 0. The highest BCUT2D eigenvalue weighted by atomic mass is 19.1. The summed E-state index contributed by atoms with van der Waals surface area (Å²) >= 11 is 0. The topological polar surface area (TPSA) is 90.4 Å². The lowest BCUT2D eigenvalue weighted by Crippen LogP contribution is -2.34. The van der Waals surface area contributed by atoms with Crippen LogP contribution in [0, 0.1) is 5.82 Å². The van der Waals surface area contributed by atoms with E-state index in [1.807, 2.05) is 4.98 Å². The largest absolute Gasteiger partial charge is 0.463 e. The Balaban J connectivity index is 2.12. The molecule has 2 atom stereocenters. The molecular formula is C11H11FN2O5. The Kier molecular flexibility index (Phi) is 3.61. The number of nitrogens with zero attached hydrogens (tertiary/aromatic N) is 1. The van der Waals surface area contributed by atoms with E-state index in [0.29, 0.717) is 0 Å². The van der Waals surface area contributed by atoms with Gasteiger partial charge in [-0.2, -0.15) is 4.39 Å². The normalized spacial score (nSPS) is 21.6. The quantitative estimate of drug-likeness (QED) is 0.601. The van der Waals surface area contributed by atoms with Crippen LogP contribution in [0.3, 0.4) is 0 Å². The van der Waals surface area contributed by atoms with Crippen molar-refractivity contribution in [2.75, 3.05) is 6.61 Å². The molecule has 0 aliphatic carbocycles. The van der Waals surface area contributed by atoms with Gasteiger partial charge in [0.2, 0.25) is 5.82 Å². The molecule has 0 radical (unpaired) electrons. The summed E-state index contributed by atoms with van der Waals surface area (Å²) in [5, 5.41) is 0. The number of aromatic amines is 1. The van der Waals surface area contributed by atoms with E-state index in [2.05, 4.69) is 0 Å². The Morgan fingerprint density at radius 1 is 1.53 bits per heavy atom. The standard InChI is InChI=1S/C11H11FN2O5/c1-6(15)18-5-7-2-3-9(19-7)14-4-8(12)10(16)13-11(14)17/h2-4,7,9H,5H2,1H3,(H,13,16,17)/t7-,9+/m1/s1. The van der Waals surface area contributed by atoms with Crippen molar-refractivity contribution in [2.24, 2.45) is 0 Å². The first-order chi connectivity index (χ1) is 8.97. The number of hydrogen-bond acceptors (Lipinski definition) is 5. The number of carbonyl (C=O) groups is 1. The zero-order valence-corrected chi connectivity index (χ0v) is 9.96. The Morgan fingerprint density at radius 2 is 2.26 bits per heavy atom. The van der Waals surface area contributed by atoms with Crippen molar-refractivity contribution >= 4 is 5.97 Å². The van der Waals surface area contributed by atoms with Crippen molar-refractivity contribution < 1.29 is 18.7 Å². The van der Waals surface area contributed by atoms with E-state index in [9.17, 15) is 18.8 Å². The van der Waals surface area contributed by atoms with E-state index in [1.54, 1.807) is 6.08 Å². The third-order valence-corrected chi connectivity index (χ3v) is 2.45. The smallest absolute Gasteiger partial charge is 0.330 e. The van der Waals surface area contributed by atoms with Gasteiger partial charge in [0.1, 0.15) is 12.7 Å². The Bertz CT molecular complexity index is 633. The molecule has 0 amide bonds. The number of H-pyrrole nitrogens is 1. The second-order valence-corrected chi connectivity index (χ2v) is 3.90. The lowest BCUT2D eigenvalue weighted by molar-refractivity contribution is -0.145. The van der Waals surface area contributed by atoms with Crippen LogP contribution in [0.15, 0.2) is 27.9 Å². The predicted molar refractivity (Wildman–Crippen MR) is 61.0 cm³/mol. The van der Waals surface area contributed by atoms with Crippen LogP contribution in [-0.4, -0.2) is 28.2 Å². The number of nitrogens with one attached hydrogen (secondary N) is 1. The summed E-state index contributed by atoms with van der Waals surface area (Å²) in [7, 11) is 0. The molecule has 102 valence electrons. The van der Waals surface area contributed by atoms with Crippen LogP contribution in [0.4, 0.5) is 4.39 Å². The molecule has 1 aliphatic rings. The number of carbonyl (C=O) groups excluding carboxylic acids is 1. The highest BCUT2D eigenvalue weighted by Crippen LogP contribution is 2.19. The lowest BCUT2D eigenvalue weighted by atomic mass is 10.4. The molecule has 1 aliphatic heterocycles. The summed E-state index contributed by atoms with van der Waals surface area (Å²) in [4.78, 5) is 34.9. The maximum atomic E-state index is 13.1. The van der Waals surface area contributed by atoms with Crippen LogP contribution in [0.1, 0.15) is 13.2 Å². The summed E-state index contributed by atoms with van der Waals surface area (Å²) in [6.07, 6.45) is 2.50. The molecule has 0 saturated carbocycles. The average molecular weight is 270 g/mol. The molecule has 0 bridgehead atoms. The third kappa shape index (κ3) is 2.97. The van der Waals surface area contributed by atoms with Gasteiger partial charge in [-0.15, -0.1) is 0 Å². The zero-order chi connectivity index (χ0) is 14.0. The molecule has 0 unspecified atom stereocenters. The van der Waals surface area contributed by atoms with Crippen LogP contribution < -0.4 is 11.2 Å². The van der Waals surface area contributed by atoms with Gasteiger partial charge in [-0.3, -0.25) is 19.1 Å². The molecule has 19 heavy (non-hydrogen) atoms.